The molecular formula is C14H21BrN2O2Si. The van der Waals surface area contributed by atoms with Gasteiger partial charge in [0.1, 0.15) is 12.5 Å². The fraction of sp³-hybridized carbons (Fsp3) is 0.500. The molecule has 110 valence electrons. The summed E-state index contributed by atoms with van der Waals surface area (Å²) in [5.41, 5.74) is 1.02. The van der Waals surface area contributed by atoms with E-state index < -0.39 is 8.07 Å². The summed E-state index contributed by atoms with van der Waals surface area (Å²) in [7, 11) is 0.631. The van der Waals surface area contributed by atoms with E-state index >= 15 is 0 Å². The summed E-state index contributed by atoms with van der Waals surface area (Å²) in [6, 6.07) is 5.15. The lowest BCUT2D eigenvalue weighted by atomic mass is 10.2. The molecule has 0 N–H and O–H groups in total. The number of benzene rings is 1. The first-order chi connectivity index (χ1) is 9.40. The normalized spacial score (nSPS) is 12.1. The Bertz CT molecular complexity index is 593. The van der Waals surface area contributed by atoms with Crippen LogP contribution >= 0.6 is 15.9 Å². The lowest BCUT2D eigenvalue weighted by Gasteiger charge is -2.15. The zero-order valence-electron chi connectivity index (χ0n) is 12.4. The zero-order valence-corrected chi connectivity index (χ0v) is 15.0. The molecule has 0 aliphatic rings. The Balaban J connectivity index is 2.09. The molecule has 2 rings (SSSR count). The number of hydrogen-bond donors (Lipinski definition) is 0. The fourth-order valence-corrected chi connectivity index (χ4v) is 3.09. The molecule has 4 nitrogen and oxygen atoms in total. The minimum atomic E-state index is -1.04. The van der Waals surface area contributed by atoms with Crippen LogP contribution in [0.3, 0.4) is 0 Å². The van der Waals surface area contributed by atoms with E-state index in [1.165, 1.54) is 6.04 Å². The Hall–Kier alpha value is -0.853. The second kappa shape index (κ2) is 6.28. The molecule has 0 saturated heterocycles. The van der Waals surface area contributed by atoms with Gasteiger partial charge in [-0.2, -0.15) is 5.10 Å². The highest BCUT2D eigenvalue weighted by Crippen LogP contribution is 2.29. The third-order valence-electron chi connectivity index (χ3n) is 3.12. The van der Waals surface area contributed by atoms with Gasteiger partial charge in [-0.05, 0) is 18.2 Å². The van der Waals surface area contributed by atoms with Crippen LogP contribution in [0.15, 0.2) is 22.8 Å². The Labute approximate surface area is 129 Å². The van der Waals surface area contributed by atoms with Crippen LogP contribution in [0.2, 0.25) is 25.7 Å². The van der Waals surface area contributed by atoms with Gasteiger partial charge in [-0.15, -0.1) is 0 Å². The van der Waals surface area contributed by atoms with Gasteiger partial charge in [0.25, 0.3) is 0 Å². The van der Waals surface area contributed by atoms with Crippen molar-refractivity contribution in [2.75, 3.05) is 13.7 Å². The summed E-state index contributed by atoms with van der Waals surface area (Å²) in [5.74, 6) is 0.822. The number of hydrogen-bond acceptors (Lipinski definition) is 3. The topological polar surface area (TPSA) is 36.3 Å². The maximum Gasteiger partial charge on any atom is 0.139 e. The number of nitrogens with zero attached hydrogens (tertiary/aromatic N) is 2. The summed E-state index contributed by atoms with van der Waals surface area (Å²) >= 11 is 3.49. The van der Waals surface area contributed by atoms with Crippen LogP contribution in [0.4, 0.5) is 0 Å². The first-order valence-electron chi connectivity index (χ1n) is 6.67. The largest absolute Gasteiger partial charge is 0.496 e. The number of halogens is 1. The van der Waals surface area contributed by atoms with Crippen molar-refractivity contribution in [2.45, 2.75) is 32.4 Å². The average Bonchev–Trinajstić information content (AvgIpc) is 2.75. The molecule has 0 aliphatic heterocycles. The molecule has 0 fully saturated rings. The van der Waals surface area contributed by atoms with Crippen LogP contribution in [0.5, 0.6) is 5.75 Å². The van der Waals surface area contributed by atoms with Crippen molar-refractivity contribution < 1.29 is 9.47 Å². The standard InChI is InChI=1S/C14H21BrN2O2Si/c1-18-14-8-11(15)7-13-12(14)9-16-17(13)10-19-5-6-20(2,3)4/h7-9H,5-6,10H2,1-4H3. The van der Waals surface area contributed by atoms with Crippen LogP contribution in [-0.4, -0.2) is 31.6 Å². The summed E-state index contributed by atoms with van der Waals surface area (Å²) in [4.78, 5) is 0. The maximum atomic E-state index is 5.75. The van der Waals surface area contributed by atoms with Gasteiger partial charge in [0.2, 0.25) is 0 Å². The van der Waals surface area contributed by atoms with E-state index in [1.807, 2.05) is 23.0 Å². The Kier molecular flexibility index (Phi) is 4.88. The zero-order chi connectivity index (χ0) is 14.8. The molecule has 0 atom stereocenters. The lowest BCUT2D eigenvalue weighted by Crippen LogP contribution is -2.22. The van der Waals surface area contributed by atoms with Crippen LogP contribution in [-0.2, 0) is 11.5 Å². The SMILES string of the molecule is COc1cc(Br)cc2c1cnn2COCC[Si](C)(C)C. The molecule has 0 bridgehead atoms. The summed E-state index contributed by atoms with van der Waals surface area (Å²) in [5, 5.41) is 5.39. The van der Waals surface area contributed by atoms with E-state index in [1.54, 1.807) is 7.11 Å². The molecule has 0 saturated carbocycles. The van der Waals surface area contributed by atoms with Gasteiger partial charge in [0, 0.05) is 19.2 Å². The quantitative estimate of drug-likeness (QED) is 0.576. The molecule has 0 amide bonds. The molecule has 0 spiro atoms. The number of rotatable bonds is 6. The van der Waals surface area contributed by atoms with E-state index in [-0.39, 0.29) is 0 Å². The van der Waals surface area contributed by atoms with Crippen molar-refractivity contribution in [1.29, 1.82) is 0 Å². The van der Waals surface area contributed by atoms with Gasteiger partial charge in [0.15, 0.2) is 0 Å². The monoisotopic (exact) mass is 356 g/mol. The molecule has 1 heterocycles. The highest BCUT2D eigenvalue weighted by Gasteiger charge is 2.13. The smallest absolute Gasteiger partial charge is 0.139 e. The number of methoxy groups -OCH3 is 1. The average molecular weight is 357 g/mol. The van der Waals surface area contributed by atoms with Crippen molar-refractivity contribution in [3.63, 3.8) is 0 Å². The van der Waals surface area contributed by atoms with Gasteiger partial charge >= 0.3 is 0 Å². The van der Waals surface area contributed by atoms with E-state index in [9.17, 15) is 0 Å². The molecule has 0 unspecified atom stereocenters. The minimum Gasteiger partial charge on any atom is -0.496 e. The second-order valence-corrected chi connectivity index (χ2v) is 12.6. The molecule has 2 aromatic rings. The molecule has 20 heavy (non-hydrogen) atoms. The van der Waals surface area contributed by atoms with Crippen molar-refractivity contribution >= 4 is 34.9 Å². The highest BCUT2D eigenvalue weighted by atomic mass is 79.9. The molecule has 1 aromatic heterocycles. The number of ether oxygens (including phenoxy) is 2. The highest BCUT2D eigenvalue weighted by molar-refractivity contribution is 9.10. The lowest BCUT2D eigenvalue weighted by molar-refractivity contribution is 0.0817. The van der Waals surface area contributed by atoms with E-state index in [2.05, 4.69) is 40.7 Å². The van der Waals surface area contributed by atoms with Crippen molar-refractivity contribution in [3.05, 3.63) is 22.8 Å². The van der Waals surface area contributed by atoms with Gasteiger partial charge in [-0.3, -0.25) is 0 Å². The van der Waals surface area contributed by atoms with Gasteiger partial charge in [-0.1, -0.05) is 35.6 Å². The minimum absolute atomic E-state index is 0.480. The van der Waals surface area contributed by atoms with Gasteiger partial charge in [-0.25, -0.2) is 4.68 Å². The Morgan fingerprint density at radius 1 is 1.30 bits per heavy atom. The summed E-state index contributed by atoms with van der Waals surface area (Å²) in [6.07, 6.45) is 1.82. The Morgan fingerprint density at radius 3 is 2.70 bits per heavy atom. The van der Waals surface area contributed by atoms with Crippen molar-refractivity contribution in [1.82, 2.24) is 9.78 Å². The number of aromatic nitrogens is 2. The molecule has 1 aromatic carbocycles. The molecular weight excluding hydrogens is 336 g/mol. The summed E-state index contributed by atoms with van der Waals surface area (Å²) in [6.45, 7) is 8.32. The first-order valence-corrected chi connectivity index (χ1v) is 11.2. The van der Waals surface area contributed by atoms with Crippen LogP contribution in [0, 0.1) is 0 Å². The third kappa shape index (κ3) is 3.83. The third-order valence-corrected chi connectivity index (χ3v) is 5.28. The van der Waals surface area contributed by atoms with Gasteiger partial charge < -0.3 is 9.47 Å². The first kappa shape index (κ1) is 15.5. The fourth-order valence-electron chi connectivity index (χ4n) is 1.91. The van der Waals surface area contributed by atoms with Gasteiger partial charge in [0.05, 0.1) is 24.2 Å². The molecule has 0 aliphatic carbocycles. The van der Waals surface area contributed by atoms with Crippen molar-refractivity contribution in [3.8, 4) is 5.75 Å². The van der Waals surface area contributed by atoms with Crippen LogP contribution in [0.1, 0.15) is 0 Å². The predicted molar refractivity (Wildman–Crippen MR) is 88.1 cm³/mol. The second-order valence-electron chi connectivity index (χ2n) is 6.03. The summed E-state index contributed by atoms with van der Waals surface area (Å²) < 4.78 is 14.0. The maximum absolute atomic E-state index is 5.75. The van der Waals surface area contributed by atoms with E-state index in [4.69, 9.17) is 9.47 Å². The van der Waals surface area contributed by atoms with E-state index in [0.717, 1.165) is 27.7 Å². The van der Waals surface area contributed by atoms with Crippen LogP contribution in [0.25, 0.3) is 10.9 Å². The Morgan fingerprint density at radius 2 is 2.05 bits per heavy atom. The van der Waals surface area contributed by atoms with E-state index in [0.29, 0.717) is 6.73 Å². The molecule has 0 radical (unpaired) electrons. The van der Waals surface area contributed by atoms with Crippen LogP contribution < -0.4 is 4.74 Å². The predicted octanol–water partition coefficient (Wildman–Crippen LogP) is 4.12. The number of fused-ring (bicyclic) bond motifs is 1. The van der Waals surface area contributed by atoms with Crippen molar-refractivity contribution in [2.24, 2.45) is 0 Å². The molecule has 6 heteroatoms.